The van der Waals surface area contributed by atoms with Gasteiger partial charge in [0.25, 0.3) is 10.0 Å². The van der Waals surface area contributed by atoms with Gasteiger partial charge in [0, 0.05) is 18.4 Å². The molecule has 1 heterocycles. The smallest absolute Gasteiger partial charge is 0.263 e. The van der Waals surface area contributed by atoms with Crippen LogP contribution >= 0.6 is 0 Å². The molecule has 0 amide bonds. The maximum Gasteiger partial charge on any atom is 0.263 e. The molecule has 2 aromatic rings. The summed E-state index contributed by atoms with van der Waals surface area (Å²) in [7, 11) is -3.85. The first-order chi connectivity index (χ1) is 9.01. The largest absolute Gasteiger partial charge is 0.326 e. The van der Waals surface area contributed by atoms with Crippen molar-refractivity contribution in [3.05, 3.63) is 54.1 Å². The summed E-state index contributed by atoms with van der Waals surface area (Å²) in [6.07, 6.45) is 2.02. The minimum absolute atomic E-state index is 0.231. The highest BCUT2D eigenvalue weighted by Crippen LogP contribution is 2.17. The van der Waals surface area contributed by atoms with E-state index in [0.29, 0.717) is 12.2 Å². The molecule has 19 heavy (non-hydrogen) atoms. The average molecular weight is 281 g/mol. The van der Waals surface area contributed by atoms with E-state index in [1.165, 1.54) is 0 Å². The Morgan fingerprint density at radius 1 is 1.26 bits per heavy atom. The maximum atomic E-state index is 13.0. The molecule has 100 valence electrons. The van der Waals surface area contributed by atoms with E-state index in [-0.39, 0.29) is 4.90 Å². The summed E-state index contributed by atoms with van der Waals surface area (Å²) in [5.41, 5.74) is 6.63. The standard InChI is InChI=1S/C12H12FN3O2S/c13-10-5-12(8-15-7-10)19(17,18)16-11-3-1-2-9(4-11)6-14/h1-5,7-8,16H,6,14H2. The van der Waals surface area contributed by atoms with E-state index in [2.05, 4.69) is 9.71 Å². The monoisotopic (exact) mass is 281 g/mol. The molecule has 0 bridgehead atoms. The predicted octanol–water partition coefficient (Wildman–Crippen LogP) is 1.48. The van der Waals surface area contributed by atoms with Crippen molar-refractivity contribution >= 4 is 15.7 Å². The quantitative estimate of drug-likeness (QED) is 0.889. The van der Waals surface area contributed by atoms with E-state index in [0.717, 1.165) is 24.0 Å². The zero-order valence-electron chi connectivity index (χ0n) is 9.88. The summed E-state index contributed by atoms with van der Waals surface area (Å²) < 4.78 is 39.3. The Kier molecular flexibility index (Phi) is 3.77. The van der Waals surface area contributed by atoms with E-state index in [4.69, 9.17) is 5.73 Å². The molecule has 0 fully saturated rings. The number of pyridine rings is 1. The van der Waals surface area contributed by atoms with Crippen LogP contribution in [0, 0.1) is 5.82 Å². The lowest BCUT2D eigenvalue weighted by Crippen LogP contribution is -2.13. The molecular weight excluding hydrogens is 269 g/mol. The Hall–Kier alpha value is -1.99. The molecule has 0 atom stereocenters. The lowest BCUT2D eigenvalue weighted by molar-refractivity contribution is 0.592. The highest BCUT2D eigenvalue weighted by molar-refractivity contribution is 7.92. The molecule has 3 N–H and O–H groups in total. The Labute approximate surface area is 110 Å². The van der Waals surface area contributed by atoms with Gasteiger partial charge in [-0.25, -0.2) is 12.8 Å². The van der Waals surface area contributed by atoms with Crippen molar-refractivity contribution < 1.29 is 12.8 Å². The fourth-order valence-electron chi connectivity index (χ4n) is 1.52. The van der Waals surface area contributed by atoms with Crippen LogP contribution in [0.5, 0.6) is 0 Å². The van der Waals surface area contributed by atoms with Crippen molar-refractivity contribution in [1.29, 1.82) is 0 Å². The van der Waals surface area contributed by atoms with Crippen molar-refractivity contribution in [3.8, 4) is 0 Å². The lowest BCUT2D eigenvalue weighted by atomic mass is 10.2. The van der Waals surface area contributed by atoms with Gasteiger partial charge in [0.15, 0.2) is 0 Å². The molecule has 0 aliphatic carbocycles. The van der Waals surface area contributed by atoms with E-state index >= 15 is 0 Å². The zero-order valence-corrected chi connectivity index (χ0v) is 10.7. The number of benzene rings is 1. The summed E-state index contributed by atoms with van der Waals surface area (Å²) in [4.78, 5) is 3.28. The van der Waals surface area contributed by atoms with Crippen LogP contribution in [-0.2, 0) is 16.6 Å². The fourth-order valence-corrected chi connectivity index (χ4v) is 2.54. The van der Waals surface area contributed by atoms with Crippen LogP contribution in [0.1, 0.15) is 5.56 Å². The van der Waals surface area contributed by atoms with Crippen LogP contribution in [-0.4, -0.2) is 13.4 Å². The van der Waals surface area contributed by atoms with Crippen molar-refractivity contribution in [2.75, 3.05) is 4.72 Å². The number of nitrogens with two attached hydrogens (primary N) is 1. The van der Waals surface area contributed by atoms with Gasteiger partial charge < -0.3 is 5.73 Å². The first-order valence-electron chi connectivity index (χ1n) is 5.43. The minimum atomic E-state index is -3.85. The second-order valence-corrected chi connectivity index (χ2v) is 5.53. The fraction of sp³-hybridized carbons (Fsp3) is 0.0833. The maximum absolute atomic E-state index is 13.0. The number of hydrogen-bond acceptors (Lipinski definition) is 4. The molecule has 5 nitrogen and oxygen atoms in total. The van der Waals surface area contributed by atoms with Crippen molar-refractivity contribution in [3.63, 3.8) is 0 Å². The van der Waals surface area contributed by atoms with E-state index < -0.39 is 15.8 Å². The third-order valence-electron chi connectivity index (χ3n) is 2.40. The van der Waals surface area contributed by atoms with E-state index in [1.54, 1.807) is 24.3 Å². The normalized spacial score (nSPS) is 11.3. The number of hydrogen-bond donors (Lipinski definition) is 2. The number of aromatic nitrogens is 1. The van der Waals surface area contributed by atoms with Gasteiger partial charge in [-0.3, -0.25) is 9.71 Å². The van der Waals surface area contributed by atoms with Crippen molar-refractivity contribution in [1.82, 2.24) is 4.98 Å². The van der Waals surface area contributed by atoms with Gasteiger partial charge in [-0.1, -0.05) is 12.1 Å². The van der Waals surface area contributed by atoms with Crippen LogP contribution in [0.15, 0.2) is 47.6 Å². The Morgan fingerprint density at radius 2 is 2.05 bits per heavy atom. The topological polar surface area (TPSA) is 85.1 Å². The molecule has 1 aromatic heterocycles. The SMILES string of the molecule is NCc1cccc(NS(=O)(=O)c2cncc(F)c2)c1. The minimum Gasteiger partial charge on any atom is -0.326 e. The van der Waals surface area contributed by atoms with Gasteiger partial charge >= 0.3 is 0 Å². The first-order valence-corrected chi connectivity index (χ1v) is 6.92. The summed E-state index contributed by atoms with van der Waals surface area (Å²) in [5.74, 6) is -0.710. The summed E-state index contributed by atoms with van der Waals surface area (Å²) in [6, 6.07) is 7.57. The number of nitrogens with zero attached hydrogens (tertiary/aromatic N) is 1. The molecule has 0 saturated heterocycles. The van der Waals surface area contributed by atoms with Gasteiger partial charge in [0.1, 0.15) is 10.7 Å². The van der Waals surface area contributed by atoms with Gasteiger partial charge in [-0.2, -0.15) is 0 Å². The van der Waals surface area contributed by atoms with Gasteiger partial charge in [0.2, 0.25) is 0 Å². The highest BCUT2D eigenvalue weighted by Gasteiger charge is 2.15. The average Bonchev–Trinajstić information content (AvgIpc) is 2.38. The number of nitrogens with one attached hydrogen (secondary N) is 1. The zero-order chi connectivity index (χ0) is 13.9. The molecule has 0 aliphatic heterocycles. The number of sulfonamides is 1. The van der Waals surface area contributed by atoms with Gasteiger partial charge in [-0.05, 0) is 23.8 Å². The van der Waals surface area contributed by atoms with Crippen LogP contribution < -0.4 is 10.5 Å². The summed E-state index contributed by atoms with van der Waals surface area (Å²) in [6.45, 7) is 0.303. The van der Waals surface area contributed by atoms with E-state index in [1.807, 2.05) is 0 Å². The summed E-state index contributed by atoms with van der Waals surface area (Å²) in [5, 5.41) is 0. The van der Waals surface area contributed by atoms with Crippen LogP contribution in [0.3, 0.4) is 0 Å². The Balaban J connectivity index is 2.31. The lowest BCUT2D eigenvalue weighted by Gasteiger charge is -2.08. The van der Waals surface area contributed by atoms with Crippen LogP contribution in [0.4, 0.5) is 10.1 Å². The Bertz CT molecular complexity index is 689. The molecule has 0 unspecified atom stereocenters. The third kappa shape index (κ3) is 3.27. The van der Waals surface area contributed by atoms with E-state index in [9.17, 15) is 12.8 Å². The molecule has 0 spiro atoms. The first kappa shape index (κ1) is 13.4. The number of anilines is 1. The van der Waals surface area contributed by atoms with Gasteiger partial charge in [-0.15, -0.1) is 0 Å². The highest BCUT2D eigenvalue weighted by atomic mass is 32.2. The molecule has 0 aliphatic rings. The molecule has 1 aromatic carbocycles. The Morgan fingerprint density at radius 3 is 2.74 bits per heavy atom. The molecular formula is C12H12FN3O2S. The van der Waals surface area contributed by atoms with Gasteiger partial charge in [0.05, 0.1) is 6.20 Å². The molecule has 7 heteroatoms. The molecule has 0 radical (unpaired) electrons. The summed E-state index contributed by atoms with van der Waals surface area (Å²) >= 11 is 0. The predicted molar refractivity (Wildman–Crippen MR) is 69.3 cm³/mol. The van der Waals surface area contributed by atoms with Crippen LogP contribution in [0.25, 0.3) is 0 Å². The molecule has 0 saturated carbocycles. The second kappa shape index (κ2) is 5.33. The second-order valence-electron chi connectivity index (χ2n) is 3.85. The number of rotatable bonds is 4. The van der Waals surface area contributed by atoms with Crippen molar-refractivity contribution in [2.24, 2.45) is 5.73 Å². The molecule has 2 rings (SSSR count). The van der Waals surface area contributed by atoms with Crippen LogP contribution in [0.2, 0.25) is 0 Å². The van der Waals surface area contributed by atoms with Crippen molar-refractivity contribution in [2.45, 2.75) is 11.4 Å². The third-order valence-corrected chi connectivity index (χ3v) is 3.75. The number of halogens is 1.